The van der Waals surface area contributed by atoms with Gasteiger partial charge in [-0.25, -0.2) is 0 Å². The van der Waals surface area contributed by atoms with Crippen LogP contribution in [-0.4, -0.2) is 35.7 Å². The van der Waals surface area contributed by atoms with Gasteiger partial charge in [0.15, 0.2) is 5.78 Å². The number of hydrogen-bond acceptors (Lipinski definition) is 5. The molecule has 0 aromatic heterocycles. The Kier molecular flexibility index (Phi) is 6.55. The number of ether oxygens (including phenoxy) is 1. The summed E-state index contributed by atoms with van der Waals surface area (Å²) in [5, 5.41) is 0. The molecule has 2 aliphatic heterocycles. The molecule has 0 radical (unpaired) electrons. The van der Waals surface area contributed by atoms with Crippen molar-refractivity contribution >= 4 is 24.3 Å². The standard InChI is InChI=1S/C36H49BO5/c1-32(2)33(3,4)42-37(41-32)26-11-8-23(9-12-26)7-10-24-21-25-22-27(38)13-17-34(25,5)28-14-18-35(6)29(31(24)28)15-19-36(35)20-16-30(39)40-36/h8-9,11-12,22,24,28-29,31H,7,10,13-21H2,1-6H3/t24-,28+,29+,31-,34+,35+,36-/m1/s1. The molecule has 1 aromatic rings. The first kappa shape index (κ1) is 28.8. The minimum atomic E-state index is -0.346. The molecule has 5 nitrogen and oxygen atoms in total. The zero-order chi connectivity index (χ0) is 29.7. The predicted octanol–water partition coefficient (Wildman–Crippen LogP) is 6.75. The smallest absolute Gasteiger partial charge is 0.458 e. The van der Waals surface area contributed by atoms with Crippen LogP contribution in [0, 0.1) is 34.5 Å². The lowest BCUT2D eigenvalue weighted by Crippen LogP contribution is -2.57. The molecule has 0 bridgehead atoms. The minimum absolute atomic E-state index is 0.00569. The Balaban J connectivity index is 1.14. The second kappa shape index (κ2) is 9.54. The fourth-order valence-electron chi connectivity index (χ4n) is 10.5. The lowest BCUT2D eigenvalue weighted by atomic mass is 9.43. The van der Waals surface area contributed by atoms with Crippen LogP contribution in [0.4, 0.5) is 0 Å². The molecule has 6 aliphatic rings. The molecule has 0 N–H and O–H groups in total. The number of aryl methyl sites for hydroxylation is 1. The first-order valence-corrected chi connectivity index (χ1v) is 16.7. The fourth-order valence-corrected chi connectivity index (χ4v) is 10.5. The lowest BCUT2D eigenvalue weighted by Gasteiger charge is -2.61. The molecule has 0 unspecified atom stereocenters. The largest absolute Gasteiger partial charge is 0.494 e. The van der Waals surface area contributed by atoms with Crippen LogP contribution in [0.15, 0.2) is 35.9 Å². The molecule has 7 atom stereocenters. The highest BCUT2D eigenvalue weighted by molar-refractivity contribution is 6.62. The van der Waals surface area contributed by atoms with Gasteiger partial charge in [-0.2, -0.15) is 0 Å². The number of esters is 1. The Labute approximate surface area is 252 Å². The molecule has 1 spiro atoms. The van der Waals surface area contributed by atoms with Crippen molar-refractivity contribution in [3.8, 4) is 0 Å². The van der Waals surface area contributed by atoms with E-state index in [-0.39, 0.29) is 40.7 Å². The maximum Gasteiger partial charge on any atom is 0.494 e. The van der Waals surface area contributed by atoms with Gasteiger partial charge >= 0.3 is 13.1 Å². The Morgan fingerprint density at radius 1 is 0.833 bits per heavy atom. The van der Waals surface area contributed by atoms with Gasteiger partial charge in [-0.1, -0.05) is 43.7 Å². The molecule has 4 aliphatic carbocycles. The lowest BCUT2D eigenvalue weighted by molar-refractivity contribution is -0.171. The van der Waals surface area contributed by atoms with Crippen molar-refractivity contribution in [1.29, 1.82) is 0 Å². The summed E-state index contributed by atoms with van der Waals surface area (Å²) in [5.74, 6) is 2.66. The first-order valence-electron chi connectivity index (χ1n) is 16.7. The molecule has 2 saturated heterocycles. The number of allylic oxidation sites excluding steroid dienone is 1. The van der Waals surface area contributed by atoms with E-state index in [4.69, 9.17) is 14.0 Å². The molecule has 7 rings (SSSR count). The Bertz CT molecular complexity index is 1300. The van der Waals surface area contributed by atoms with Crippen molar-refractivity contribution < 1.29 is 23.6 Å². The van der Waals surface area contributed by atoms with Crippen molar-refractivity contribution in [3.05, 3.63) is 41.5 Å². The van der Waals surface area contributed by atoms with Crippen molar-refractivity contribution in [2.24, 2.45) is 34.5 Å². The van der Waals surface area contributed by atoms with Gasteiger partial charge in [-0.3, -0.25) is 9.59 Å². The van der Waals surface area contributed by atoms with Crippen LogP contribution in [0.25, 0.3) is 0 Å². The van der Waals surface area contributed by atoms with E-state index in [1.165, 1.54) is 17.6 Å². The van der Waals surface area contributed by atoms with Crippen LogP contribution < -0.4 is 5.46 Å². The van der Waals surface area contributed by atoms with Crippen LogP contribution in [0.3, 0.4) is 0 Å². The third-order valence-corrected chi connectivity index (χ3v) is 13.8. The maximum absolute atomic E-state index is 12.6. The molecule has 0 amide bonds. The van der Waals surface area contributed by atoms with Gasteiger partial charge in [-0.05, 0) is 132 Å². The Morgan fingerprint density at radius 3 is 2.19 bits per heavy atom. The van der Waals surface area contributed by atoms with Crippen LogP contribution in [0.5, 0.6) is 0 Å². The van der Waals surface area contributed by atoms with E-state index in [2.05, 4.69) is 65.8 Å². The second-order valence-electron chi connectivity index (χ2n) is 16.1. The average Bonchev–Trinajstić information content (AvgIpc) is 3.53. The number of ketones is 1. The second-order valence-corrected chi connectivity index (χ2v) is 16.1. The summed E-state index contributed by atoms with van der Waals surface area (Å²) < 4.78 is 18.8. The molecule has 6 heteroatoms. The van der Waals surface area contributed by atoms with Crippen molar-refractivity contribution in [2.75, 3.05) is 0 Å². The number of hydrogen-bond donors (Lipinski definition) is 0. The number of benzene rings is 1. The molecule has 226 valence electrons. The number of carbonyl (C=O) groups excluding carboxylic acids is 2. The highest BCUT2D eigenvalue weighted by atomic mass is 16.7. The highest BCUT2D eigenvalue weighted by Gasteiger charge is 2.68. The molecule has 3 saturated carbocycles. The van der Waals surface area contributed by atoms with E-state index in [1.807, 2.05) is 6.08 Å². The van der Waals surface area contributed by atoms with Crippen molar-refractivity contribution in [1.82, 2.24) is 0 Å². The van der Waals surface area contributed by atoms with E-state index in [0.29, 0.717) is 42.3 Å². The average molecular weight is 573 g/mol. The highest BCUT2D eigenvalue weighted by Crippen LogP contribution is 2.71. The van der Waals surface area contributed by atoms with Gasteiger partial charge in [0.05, 0.1) is 11.2 Å². The van der Waals surface area contributed by atoms with E-state index in [9.17, 15) is 9.59 Å². The Hall–Kier alpha value is -1.92. The summed E-state index contributed by atoms with van der Waals surface area (Å²) in [6.07, 6.45) is 12.9. The van der Waals surface area contributed by atoms with Gasteiger partial charge in [0.1, 0.15) is 5.60 Å². The quantitative estimate of drug-likeness (QED) is 0.295. The zero-order valence-electron chi connectivity index (χ0n) is 26.6. The van der Waals surface area contributed by atoms with E-state index >= 15 is 0 Å². The van der Waals surface area contributed by atoms with Crippen LogP contribution in [-0.2, 0) is 30.1 Å². The minimum Gasteiger partial charge on any atom is -0.458 e. The zero-order valence-corrected chi connectivity index (χ0v) is 26.6. The Morgan fingerprint density at radius 2 is 1.52 bits per heavy atom. The molecule has 2 heterocycles. The van der Waals surface area contributed by atoms with Gasteiger partial charge in [0.2, 0.25) is 0 Å². The van der Waals surface area contributed by atoms with E-state index in [0.717, 1.165) is 56.8 Å². The van der Waals surface area contributed by atoms with Crippen molar-refractivity contribution in [2.45, 2.75) is 129 Å². The SMILES string of the molecule is CC1(C)OB(c2ccc(CC[C@@H]3CC4=CC(=O)CC[C@]4(C)[C@H]4CC[C@@]5(C)[C@@H](CC[C@@]56CCC(=O)O6)[C@H]34)cc2)OC1(C)C. The fraction of sp³-hybridized carbons (Fsp3) is 0.722. The van der Waals surface area contributed by atoms with E-state index in [1.54, 1.807) is 0 Å². The van der Waals surface area contributed by atoms with E-state index < -0.39 is 0 Å². The molecule has 5 fully saturated rings. The topological polar surface area (TPSA) is 61.8 Å². The van der Waals surface area contributed by atoms with Crippen molar-refractivity contribution in [3.63, 3.8) is 0 Å². The summed E-state index contributed by atoms with van der Waals surface area (Å²) in [6, 6.07) is 8.85. The first-order chi connectivity index (χ1) is 19.8. The van der Waals surface area contributed by atoms with Crippen LogP contribution >= 0.6 is 0 Å². The van der Waals surface area contributed by atoms with Gasteiger partial charge in [-0.15, -0.1) is 0 Å². The summed E-state index contributed by atoms with van der Waals surface area (Å²) in [6.45, 7) is 13.3. The van der Waals surface area contributed by atoms with Crippen LogP contribution in [0.1, 0.15) is 111 Å². The van der Waals surface area contributed by atoms with Gasteiger partial charge < -0.3 is 14.0 Å². The van der Waals surface area contributed by atoms with Gasteiger partial charge in [0, 0.05) is 18.3 Å². The summed E-state index contributed by atoms with van der Waals surface area (Å²) in [5.41, 5.74) is 3.08. The third kappa shape index (κ3) is 4.17. The number of carbonyl (C=O) groups is 2. The number of fused-ring (bicyclic) bond motifs is 6. The van der Waals surface area contributed by atoms with Crippen LogP contribution in [0.2, 0.25) is 0 Å². The maximum atomic E-state index is 12.6. The molecule has 42 heavy (non-hydrogen) atoms. The monoisotopic (exact) mass is 572 g/mol. The normalized spacial score (nSPS) is 41.8. The number of rotatable bonds is 4. The predicted molar refractivity (Wildman–Crippen MR) is 164 cm³/mol. The summed E-state index contributed by atoms with van der Waals surface area (Å²) in [4.78, 5) is 25.0. The molecular weight excluding hydrogens is 523 g/mol. The molecule has 1 aromatic carbocycles. The van der Waals surface area contributed by atoms with Gasteiger partial charge in [0.25, 0.3) is 0 Å². The summed E-state index contributed by atoms with van der Waals surface area (Å²) >= 11 is 0. The molecular formula is C36H49BO5. The summed E-state index contributed by atoms with van der Waals surface area (Å²) in [7, 11) is -0.337. The third-order valence-electron chi connectivity index (χ3n) is 13.8.